The molecule has 0 bridgehead atoms. The van der Waals surface area contributed by atoms with Gasteiger partial charge < -0.3 is 15.3 Å². The summed E-state index contributed by atoms with van der Waals surface area (Å²) in [5.74, 6) is -2.02. The molecule has 3 nitrogen and oxygen atoms in total. The van der Waals surface area contributed by atoms with Crippen LogP contribution in [0.5, 0.6) is 0 Å². The van der Waals surface area contributed by atoms with Crippen LogP contribution in [0.2, 0.25) is 0 Å². The Kier molecular flexibility index (Phi) is 1.64. The normalized spacial score (nSPS) is 30.7. The molecule has 10 heavy (non-hydrogen) atoms. The van der Waals surface area contributed by atoms with Crippen molar-refractivity contribution in [2.75, 3.05) is 0 Å². The minimum absolute atomic E-state index is 0.00463. The molecule has 3 N–H and O–H groups in total. The van der Waals surface area contributed by atoms with Crippen molar-refractivity contribution in [3.05, 3.63) is 24.3 Å². The monoisotopic (exact) mass is 142 g/mol. The van der Waals surface area contributed by atoms with Crippen molar-refractivity contribution < 1.29 is 15.3 Å². The lowest BCUT2D eigenvalue weighted by Crippen LogP contribution is -2.42. The summed E-state index contributed by atoms with van der Waals surface area (Å²) < 4.78 is 0. The molecular formula is C7H10O3. The maximum Gasteiger partial charge on any atom is 0.197 e. The van der Waals surface area contributed by atoms with E-state index in [1.54, 1.807) is 6.08 Å². The Balaban J connectivity index is 2.82. The fourth-order valence-electron chi connectivity index (χ4n) is 0.879. The van der Waals surface area contributed by atoms with Crippen LogP contribution < -0.4 is 0 Å². The zero-order valence-electron chi connectivity index (χ0n) is 5.49. The topological polar surface area (TPSA) is 60.7 Å². The zero-order chi connectivity index (χ0) is 7.78. The van der Waals surface area contributed by atoms with Crippen LogP contribution >= 0.6 is 0 Å². The van der Waals surface area contributed by atoms with Gasteiger partial charge in [-0.05, 0) is 5.57 Å². The van der Waals surface area contributed by atoms with E-state index in [2.05, 4.69) is 6.58 Å². The first-order chi connectivity index (χ1) is 4.52. The molecule has 1 unspecified atom stereocenters. The third-order valence-corrected chi connectivity index (χ3v) is 1.48. The SMILES string of the molecule is C=C1C=CC(O)C(O)(O)C1. The summed E-state index contributed by atoms with van der Waals surface area (Å²) in [5, 5.41) is 26.9. The Morgan fingerprint density at radius 1 is 1.60 bits per heavy atom. The Morgan fingerprint density at radius 3 is 2.60 bits per heavy atom. The van der Waals surface area contributed by atoms with Crippen molar-refractivity contribution in [1.82, 2.24) is 0 Å². The van der Waals surface area contributed by atoms with Crippen LogP contribution in [-0.4, -0.2) is 27.2 Å². The summed E-state index contributed by atoms with van der Waals surface area (Å²) in [6.45, 7) is 3.53. The van der Waals surface area contributed by atoms with Crippen LogP contribution in [0.1, 0.15) is 6.42 Å². The molecule has 0 fully saturated rings. The first kappa shape index (κ1) is 7.47. The van der Waals surface area contributed by atoms with E-state index < -0.39 is 11.9 Å². The van der Waals surface area contributed by atoms with Gasteiger partial charge in [0.1, 0.15) is 6.10 Å². The lowest BCUT2D eigenvalue weighted by atomic mass is 9.95. The third kappa shape index (κ3) is 1.26. The van der Waals surface area contributed by atoms with E-state index >= 15 is 0 Å². The number of hydrogen-bond donors (Lipinski definition) is 3. The molecule has 1 aliphatic rings. The maximum atomic E-state index is 9.01. The van der Waals surface area contributed by atoms with Crippen molar-refractivity contribution in [3.8, 4) is 0 Å². The van der Waals surface area contributed by atoms with Crippen molar-refractivity contribution >= 4 is 0 Å². The summed E-state index contributed by atoms with van der Waals surface area (Å²) >= 11 is 0. The molecule has 0 aliphatic heterocycles. The van der Waals surface area contributed by atoms with E-state index in [9.17, 15) is 0 Å². The van der Waals surface area contributed by atoms with Gasteiger partial charge in [-0.25, -0.2) is 0 Å². The smallest absolute Gasteiger partial charge is 0.197 e. The second-order valence-electron chi connectivity index (χ2n) is 2.52. The van der Waals surface area contributed by atoms with E-state index in [4.69, 9.17) is 15.3 Å². The van der Waals surface area contributed by atoms with E-state index in [-0.39, 0.29) is 6.42 Å². The van der Waals surface area contributed by atoms with Crippen molar-refractivity contribution in [2.24, 2.45) is 0 Å². The van der Waals surface area contributed by atoms with Gasteiger partial charge in [0.05, 0.1) is 0 Å². The number of allylic oxidation sites excluding steroid dienone is 1. The molecule has 0 aromatic rings. The van der Waals surface area contributed by atoms with Crippen LogP contribution in [-0.2, 0) is 0 Å². The average Bonchev–Trinajstić information content (AvgIpc) is 1.78. The minimum atomic E-state index is -2.02. The van der Waals surface area contributed by atoms with Crippen molar-refractivity contribution in [1.29, 1.82) is 0 Å². The number of rotatable bonds is 0. The molecule has 0 amide bonds. The van der Waals surface area contributed by atoms with Gasteiger partial charge in [-0.15, -0.1) is 0 Å². The fraction of sp³-hybridized carbons (Fsp3) is 0.429. The zero-order valence-corrected chi connectivity index (χ0v) is 5.49. The maximum absolute atomic E-state index is 9.01. The lowest BCUT2D eigenvalue weighted by Gasteiger charge is -2.28. The first-order valence-electron chi connectivity index (χ1n) is 3.01. The summed E-state index contributed by atoms with van der Waals surface area (Å²) in [5.41, 5.74) is 0.607. The highest BCUT2D eigenvalue weighted by molar-refractivity contribution is 5.23. The summed E-state index contributed by atoms with van der Waals surface area (Å²) in [4.78, 5) is 0. The Labute approximate surface area is 58.9 Å². The molecule has 0 spiro atoms. The molecule has 0 heterocycles. The van der Waals surface area contributed by atoms with Gasteiger partial charge in [0.15, 0.2) is 5.79 Å². The van der Waals surface area contributed by atoms with E-state index in [0.29, 0.717) is 5.57 Å². The van der Waals surface area contributed by atoms with Gasteiger partial charge in [-0.3, -0.25) is 0 Å². The van der Waals surface area contributed by atoms with Gasteiger partial charge in [-0.1, -0.05) is 18.7 Å². The summed E-state index contributed by atoms with van der Waals surface area (Å²) in [6, 6.07) is 0. The van der Waals surface area contributed by atoms with Gasteiger partial charge in [0, 0.05) is 6.42 Å². The standard InChI is InChI=1S/C7H10O3/c1-5-2-3-6(8)7(9,10)4-5/h2-3,6,8-10H,1,4H2. The highest BCUT2D eigenvalue weighted by Gasteiger charge is 2.33. The Morgan fingerprint density at radius 2 is 2.20 bits per heavy atom. The average molecular weight is 142 g/mol. The molecule has 3 heteroatoms. The lowest BCUT2D eigenvalue weighted by molar-refractivity contribution is -0.211. The largest absolute Gasteiger partial charge is 0.383 e. The number of aliphatic hydroxyl groups is 3. The number of aliphatic hydroxyl groups excluding tert-OH is 1. The summed E-state index contributed by atoms with van der Waals surface area (Å²) in [7, 11) is 0. The van der Waals surface area contributed by atoms with Gasteiger partial charge in [0.25, 0.3) is 0 Å². The molecule has 0 aromatic carbocycles. The predicted molar refractivity (Wildman–Crippen MR) is 36.1 cm³/mol. The van der Waals surface area contributed by atoms with Crippen LogP contribution in [0.25, 0.3) is 0 Å². The molecule has 0 radical (unpaired) electrons. The van der Waals surface area contributed by atoms with Crippen molar-refractivity contribution in [3.63, 3.8) is 0 Å². The van der Waals surface area contributed by atoms with Gasteiger partial charge >= 0.3 is 0 Å². The van der Waals surface area contributed by atoms with E-state index in [1.807, 2.05) is 0 Å². The van der Waals surface area contributed by atoms with Crippen molar-refractivity contribution in [2.45, 2.75) is 18.3 Å². The van der Waals surface area contributed by atoms with Crippen LogP contribution in [0.4, 0.5) is 0 Å². The highest BCUT2D eigenvalue weighted by atomic mass is 16.5. The van der Waals surface area contributed by atoms with Crippen LogP contribution in [0, 0.1) is 0 Å². The molecule has 1 aliphatic carbocycles. The van der Waals surface area contributed by atoms with Gasteiger partial charge in [0.2, 0.25) is 0 Å². The quantitative estimate of drug-likeness (QED) is 0.401. The summed E-state index contributed by atoms with van der Waals surface area (Å²) in [6.07, 6.45) is 1.70. The molecule has 1 rings (SSSR count). The minimum Gasteiger partial charge on any atom is -0.383 e. The second kappa shape index (κ2) is 2.20. The van der Waals surface area contributed by atoms with Crippen LogP contribution in [0.15, 0.2) is 24.3 Å². The molecule has 0 aromatic heterocycles. The third-order valence-electron chi connectivity index (χ3n) is 1.48. The van der Waals surface area contributed by atoms with E-state index in [0.717, 1.165) is 0 Å². The second-order valence-corrected chi connectivity index (χ2v) is 2.52. The molecule has 1 atom stereocenters. The first-order valence-corrected chi connectivity index (χ1v) is 3.01. The molecule has 56 valence electrons. The Bertz CT molecular complexity index is 181. The Hall–Kier alpha value is -0.640. The molecule has 0 saturated carbocycles. The van der Waals surface area contributed by atoms with Gasteiger partial charge in [-0.2, -0.15) is 0 Å². The van der Waals surface area contributed by atoms with E-state index in [1.165, 1.54) is 6.08 Å². The van der Waals surface area contributed by atoms with Crippen LogP contribution in [0.3, 0.4) is 0 Å². The predicted octanol–water partition coefficient (Wildman–Crippen LogP) is -0.456. The molecular weight excluding hydrogens is 132 g/mol. The molecule has 0 saturated heterocycles. The number of hydrogen-bond acceptors (Lipinski definition) is 3. The fourth-order valence-corrected chi connectivity index (χ4v) is 0.879. The highest BCUT2D eigenvalue weighted by Crippen LogP contribution is 2.23.